The van der Waals surface area contributed by atoms with Gasteiger partial charge in [-0.15, -0.1) is 0 Å². The molecule has 2 atom stereocenters. The molecule has 0 heterocycles. The van der Waals surface area contributed by atoms with Gasteiger partial charge in [0.25, 0.3) is 0 Å². The van der Waals surface area contributed by atoms with E-state index in [1.165, 1.54) is 71.2 Å². The van der Waals surface area contributed by atoms with Crippen molar-refractivity contribution in [1.82, 2.24) is 10.2 Å². The second-order valence-electron chi connectivity index (χ2n) is 8.83. The fraction of sp³-hybridized carbons (Fsp3) is 1.00. The Morgan fingerprint density at radius 2 is 1.71 bits per heavy atom. The van der Waals surface area contributed by atoms with Gasteiger partial charge >= 0.3 is 0 Å². The third-order valence-corrected chi connectivity index (χ3v) is 6.70. The molecule has 0 saturated heterocycles. The summed E-state index contributed by atoms with van der Waals surface area (Å²) in [6.07, 6.45) is 10.5. The summed E-state index contributed by atoms with van der Waals surface area (Å²) in [7, 11) is 0. The van der Waals surface area contributed by atoms with Crippen LogP contribution in [0, 0.1) is 22.7 Å². The molecule has 21 heavy (non-hydrogen) atoms. The SMILES string of the molecule is CCN(CC)CCCNCC12CC3CC(CC(C)(C3)C1)C2. The van der Waals surface area contributed by atoms with Crippen molar-refractivity contribution in [3.63, 3.8) is 0 Å². The molecule has 0 amide bonds. The van der Waals surface area contributed by atoms with Gasteiger partial charge in [-0.25, -0.2) is 0 Å². The number of hydrogen-bond acceptors (Lipinski definition) is 2. The van der Waals surface area contributed by atoms with Gasteiger partial charge in [0.2, 0.25) is 0 Å². The van der Waals surface area contributed by atoms with Crippen molar-refractivity contribution in [2.24, 2.45) is 22.7 Å². The van der Waals surface area contributed by atoms with E-state index in [1.807, 2.05) is 0 Å². The molecule has 4 fully saturated rings. The van der Waals surface area contributed by atoms with E-state index in [9.17, 15) is 0 Å². The predicted octanol–water partition coefficient (Wildman–Crippen LogP) is 3.91. The fourth-order valence-electron chi connectivity index (χ4n) is 6.46. The molecule has 2 heteroatoms. The molecule has 1 N–H and O–H groups in total. The zero-order valence-electron chi connectivity index (χ0n) is 14.6. The van der Waals surface area contributed by atoms with Crippen LogP contribution >= 0.6 is 0 Å². The molecule has 122 valence electrons. The summed E-state index contributed by atoms with van der Waals surface area (Å²) in [5, 5.41) is 3.84. The van der Waals surface area contributed by atoms with Crippen molar-refractivity contribution in [2.75, 3.05) is 32.7 Å². The molecular weight excluding hydrogens is 256 g/mol. The molecule has 2 nitrogen and oxygen atoms in total. The minimum atomic E-state index is 0.675. The Labute approximate surface area is 132 Å². The van der Waals surface area contributed by atoms with E-state index >= 15 is 0 Å². The fourth-order valence-corrected chi connectivity index (χ4v) is 6.46. The Balaban J connectivity index is 1.43. The van der Waals surface area contributed by atoms with Crippen LogP contribution in [0.5, 0.6) is 0 Å². The molecule has 2 unspecified atom stereocenters. The topological polar surface area (TPSA) is 15.3 Å². The molecule has 4 saturated carbocycles. The van der Waals surface area contributed by atoms with Crippen LogP contribution in [0.1, 0.15) is 65.7 Å². The largest absolute Gasteiger partial charge is 0.316 e. The molecule has 0 radical (unpaired) electrons. The van der Waals surface area contributed by atoms with Crippen LogP contribution in [-0.2, 0) is 0 Å². The van der Waals surface area contributed by atoms with Gasteiger partial charge in [0.1, 0.15) is 0 Å². The third-order valence-electron chi connectivity index (χ3n) is 6.70. The zero-order chi connectivity index (χ0) is 14.9. The van der Waals surface area contributed by atoms with Crippen LogP contribution in [0.15, 0.2) is 0 Å². The zero-order valence-corrected chi connectivity index (χ0v) is 14.6. The average Bonchev–Trinajstić information content (AvgIpc) is 2.40. The van der Waals surface area contributed by atoms with Gasteiger partial charge < -0.3 is 10.2 Å². The molecule has 0 aliphatic heterocycles. The Bertz CT molecular complexity index is 333. The molecule has 4 aliphatic carbocycles. The average molecular weight is 293 g/mol. The van der Waals surface area contributed by atoms with Gasteiger partial charge in [-0.3, -0.25) is 0 Å². The number of nitrogens with zero attached hydrogens (tertiary/aromatic N) is 1. The van der Waals surface area contributed by atoms with Gasteiger partial charge in [0.15, 0.2) is 0 Å². The summed E-state index contributed by atoms with van der Waals surface area (Å²) >= 11 is 0. The lowest BCUT2D eigenvalue weighted by Gasteiger charge is -2.61. The molecule has 0 aromatic heterocycles. The van der Waals surface area contributed by atoms with E-state index in [2.05, 4.69) is 31.0 Å². The first-order valence-electron chi connectivity index (χ1n) is 9.49. The molecule has 0 aromatic rings. The van der Waals surface area contributed by atoms with Gasteiger partial charge in [-0.05, 0) is 93.8 Å². The summed E-state index contributed by atoms with van der Waals surface area (Å²) in [6, 6.07) is 0. The van der Waals surface area contributed by atoms with E-state index < -0.39 is 0 Å². The lowest BCUT2D eigenvalue weighted by molar-refractivity contribution is -0.0997. The molecule has 4 rings (SSSR count). The number of rotatable bonds is 8. The quantitative estimate of drug-likeness (QED) is 0.682. The minimum absolute atomic E-state index is 0.675. The lowest BCUT2D eigenvalue weighted by atomic mass is 9.44. The monoisotopic (exact) mass is 292 g/mol. The highest BCUT2D eigenvalue weighted by Gasteiger charge is 2.55. The van der Waals surface area contributed by atoms with Crippen LogP contribution < -0.4 is 5.32 Å². The number of hydrogen-bond donors (Lipinski definition) is 1. The molecule has 4 aliphatic rings. The van der Waals surface area contributed by atoms with Crippen LogP contribution in [0.4, 0.5) is 0 Å². The van der Waals surface area contributed by atoms with Crippen molar-refractivity contribution < 1.29 is 0 Å². The van der Waals surface area contributed by atoms with Crippen LogP contribution in [-0.4, -0.2) is 37.6 Å². The highest BCUT2D eigenvalue weighted by Crippen LogP contribution is 2.64. The summed E-state index contributed by atoms with van der Waals surface area (Å²) < 4.78 is 0. The standard InChI is InChI=1S/C19H36N2/c1-4-21(5-2)8-6-7-20-15-19-12-16-9-17(13-19)11-18(3,10-16)14-19/h16-17,20H,4-15H2,1-3H3. The Hall–Kier alpha value is -0.0800. The van der Waals surface area contributed by atoms with E-state index in [-0.39, 0.29) is 0 Å². The maximum absolute atomic E-state index is 3.84. The van der Waals surface area contributed by atoms with Crippen molar-refractivity contribution in [2.45, 2.75) is 65.7 Å². The Morgan fingerprint density at radius 1 is 1.05 bits per heavy atom. The van der Waals surface area contributed by atoms with E-state index in [0.717, 1.165) is 11.8 Å². The van der Waals surface area contributed by atoms with E-state index in [0.29, 0.717) is 10.8 Å². The first kappa shape index (κ1) is 15.8. The first-order valence-corrected chi connectivity index (χ1v) is 9.49. The highest BCUT2D eigenvalue weighted by molar-refractivity contribution is 5.06. The van der Waals surface area contributed by atoms with Gasteiger partial charge in [-0.2, -0.15) is 0 Å². The summed E-state index contributed by atoms with van der Waals surface area (Å²) in [5.41, 5.74) is 1.38. The second-order valence-corrected chi connectivity index (χ2v) is 8.83. The molecule has 4 bridgehead atoms. The van der Waals surface area contributed by atoms with Crippen LogP contribution in [0.3, 0.4) is 0 Å². The normalized spacial score (nSPS) is 41.1. The van der Waals surface area contributed by atoms with Crippen LogP contribution in [0.2, 0.25) is 0 Å². The van der Waals surface area contributed by atoms with Crippen molar-refractivity contribution in [3.8, 4) is 0 Å². The van der Waals surface area contributed by atoms with Gasteiger partial charge in [-0.1, -0.05) is 20.8 Å². The highest BCUT2D eigenvalue weighted by atomic mass is 15.1. The predicted molar refractivity (Wildman–Crippen MR) is 90.5 cm³/mol. The summed E-state index contributed by atoms with van der Waals surface area (Å²) in [5.74, 6) is 2.13. The van der Waals surface area contributed by atoms with Crippen molar-refractivity contribution >= 4 is 0 Å². The smallest absolute Gasteiger partial charge is 0.000822 e. The van der Waals surface area contributed by atoms with Gasteiger partial charge in [0, 0.05) is 6.54 Å². The molecular formula is C19H36N2. The number of nitrogens with one attached hydrogen (secondary N) is 1. The third kappa shape index (κ3) is 3.47. The summed E-state index contributed by atoms with van der Waals surface area (Å²) in [4.78, 5) is 2.54. The van der Waals surface area contributed by atoms with Gasteiger partial charge in [0.05, 0.1) is 0 Å². The maximum Gasteiger partial charge on any atom is 0.000822 e. The molecule has 0 spiro atoms. The van der Waals surface area contributed by atoms with Crippen LogP contribution in [0.25, 0.3) is 0 Å². The van der Waals surface area contributed by atoms with Crippen molar-refractivity contribution in [1.29, 1.82) is 0 Å². The maximum atomic E-state index is 3.84. The summed E-state index contributed by atoms with van der Waals surface area (Å²) in [6.45, 7) is 13.3. The minimum Gasteiger partial charge on any atom is -0.316 e. The lowest BCUT2D eigenvalue weighted by Crippen LogP contribution is -2.54. The van der Waals surface area contributed by atoms with Crippen molar-refractivity contribution in [3.05, 3.63) is 0 Å². The Morgan fingerprint density at radius 3 is 2.29 bits per heavy atom. The Kier molecular flexibility index (Phi) is 4.66. The van der Waals surface area contributed by atoms with E-state index in [1.54, 1.807) is 6.42 Å². The first-order chi connectivity index (χ1) is 10.1. The molecule has 0 aromatic carbocycles. The van der Waals surface area contributed by atoms with E-state index in [4.69, 9.17) is 0 Å². The second kappa shape index (κ2) is 6.20.